The first-order valence-corrected chi connectivity index (χ1v) is 9.71. The zero-order valence-electron chi connectivity index (χ0n) is 16.2. The van der Waals surface area contributed by atoms with Gasteiger partial charge in [-0.15, -0.1) is 0 Å². The van der Waals surface area contributed by atoms with Gasteiger partial charge in [0.25, 0.3) is 0 Å². The number of carbonyl (C=O) groups is 2. The first-order valence-electron chi connectivity index (χ1n) is 9.71. The second-order valence-corrected chi connectivity index (χ2v) is 7.49. The van der Waals surface area contributed by atoms with Crippen molar-refractivity contribution < 1.29 is 14.7 Å². The van der Waals surface area contributed by atoms with Crippen LogP contribution in [0.25, 0.3) is 11.3 Å². The fourth-order valence-corrected chi connectivity index (χ4v) is 4.00. The lowest BCUT2D eigenvalue weighted by molar-refractivity contribution is -0.114. The van der Waals surface area contributed by atoms with Gasteiger partial charge in [-0.3, -0.25) is 9.59 Å². The van der Waals surface area contributed by atoms with Gasteiger partial charge in [0.15, 0.2) is 5.78 Å². The number of nitrogens with zero attached hydrogens (tertiary/aromatic N) is 1. The van der Waals surface area contributed by atoms with Crippen LogP contribution in [0.4, 0.5) is 5.82 Å². The summed E-state index contributed by atoms with van der Waals surface area (Å²) >= 11 is 0. The summed E-state index contributed by atoms with van der Waals surface area (Å²) < 4.78 is 0. The molecular weight excluding hydrogens is 366 g/mol. The highest BCUT2D eigenvalue weighted by molar-refractivity contribution is 6.02. The topological polar surface area (TPSA) is 95.1 Å². The average molecular weight is 389 g/mol. The van der Waals surface area contributed by atoms with Crippen molar-refractivity contribution in [3.63, 3.8) is 0 Å². The van der Waals surface area contributed by atoms with Gasteiger partial charge in [0.1, 0.15) is 5.82 Å². The number of aliphatic hydroxyl groups excluding tert-OH is 1. The van der Waals surface area contributed by atoms with Crippen molar-refractivity contribution in [3.05, 3.63) is 71.0 Å². The number of aromatic amines is 1. The molecule has 1 aliphatic carbocycles. The van der Waals surface area contributed by atoms with Gasteiger partial charge in [0.05, 0.1) is 5.69 Å². The van der Waals surface area contributed by atoms with Gasteiger partial charge in [0, 0.05) is 49.4 Å². The molecule has 2 aromatic heterocycles. The number of aliphatic hydroxyl groups is 1. The SMILES string of the molecule is CC(=O)Nc1cc(-c2[nH]c3c(c2Cc2ccccc2)C(=O)CC(CO)C3)ccn1. The predicted molar refractivity (Wildman–Crippen MR) is 111 cm³/mol. The first kappa shape index (κ1) is 19.1. The highest BCUT2D eigenvalue weighted by Crippen LogP contribution is 2.36. The van der Waals surface area contributed by atoms with Crippen molar-refractivity contribution in [1.82, 2.24) is 9.97 Å². The maximum atomic E-state index is 12.9. The summed E-state index contributed by atoms with van der Waals surface area (Å²) in [6.45, 7) is 1.44. The molecule has 0 bridgehead atoms. The molecular formula is C23H23N3O3. The summed E-state index contributed by atoms with van der Waals surface area (Å²) in [5.41, 5.74) is 5.40. The third-order valence-corrected chi connectivity index (χ3v) is 5.26. The van der Waals surface area contributed by atoms with Crippen molar-refractivity contribution in [2.75, 3.05) is 11.9 Å². The Morgan fingerprint density at radius 1 is 1.24 bits per heavy atom. The maximum Gasteiger partial charge on any atom is 0.222 e. The Hall–Kier alpha value is -3.25. The van der Waals surface area contributed by atoms with Crippen molar-refractivity contribution in [3.8, 4) is 11.3 Å². The van der Waals surface area contributed by atoms with E-state index in [0.29, 0.717) is 25.1 Å². The van der Waals surface area contributed by atoms with E-state index >= 15 is 0 Å². The summed E-state index contributed by atoms with van der Waals surface area (Å²) in [6.07, 6.45) is 3.26. The molecule has 0 radical (unpaired) electrons. The van der Waals surface area contributed by atoms with Crippen molar-refractivity contribution in [1.29, 1.82) is 0 Å². The summed E-state index contributed by atoms with van der Waals surface area (Å²) in [5, 5.41) is 12.3. The monoisotopic (exact) mass is 389 g/mol. The highest BCUT2D eigenvalue weighted by Gasteiger charge is 2.31. The van der Waals surface area contributed by atoms with Crippen molar-refractivity contribution in [2.45, 2.75) is 26.2 Å². The third kappa shape index (κ3) is 3.98. The molecule has 0 spiro atoms. The lowest BCUT2D eigenvalue weighted by atomic mass is 9.84. The summed E-state index contributed by atoms with van der Waals surface area (Å²) in [6, 6.07) is 13.7. The number of amides is 1. The van der Waals surface area contributed by atoms with E-state index in [0.717, 1.165) is 33.6 Å². The Bertz CT molecular complexity index is 1060. The minimum atomic E-state index is -0.189. The van der Waals surface area contributed by atoms with Crippen LogP contribution in [0.2, 0.25) is 0 Å². The molecule has 1 aromatic carbocycles. The Labute approximate surface area is 169 Å². The number of hydrogen-bond donors (Lipinski definition) is 3. The van der Waals surface area contributed by atoms with E-state index in [2.05, 4.69) is 15.3 Å². The zero-order chi connectivity index (χ0) is 20.4. The fraction of sp³-hybridized carbons (Fsp3) is 0.261. The molecule has 148 valence electrons. The van der Waals surface area contributed by atoms with E-state index in [9.17, 15) is 14.7 Å². The largest absolute Gasteiger partial charge is 0.396 e. The number of benzene rings is 1. The molecule has 1 amide bonds. The van der Waals surface area contributed by atoms with Crippen LogP contribution in [0.5, 0.6) is 0 Å². The fourth-order valence-electron chi connectivity index (χ4n) is 4.00. The van der Waals surface area contributed by atoms with Crippen LogP contribution < -0.4 is 5.32 Å². The smallest absolute Gasteiger partial charge is 0.222 e. The number of H-pyrrole nitrogens is 1. The van der Waals surface area contributed by atoms with Crippen LogP contribution in [0.3, 0.4) is 0 Å². The molecule has 0 fully saturated rings. The number of fused-ring (bicyclic) bond motifs is 1. The standard InChI is InChI=1S/C23H23N3O3/c1-14(28)25-21-12-17(7-8-24-21)23-18(9-15-5-3-2-4-6-15)22-19(26-23)10-16(13-27)11-20(22)29/h2-8,12,16,26-27H,9-11,13H2,1H3,(H,24,25,28). The van der Waals surface area contributed by atoms with Crippen LogP contribution in [0, 0.1) is 5.92 Å². The van der Waals surface area contributed by atoms with Gasteiger partial charge in [-0.2, -0.15) is 0 Å². The average Bonchev–Trinajstić information content (AvgIpc) is 3.07. The number of carbonyl (C=O) groups excluding carboxylic acids is 2. The van der Waals surface area contributed by atoms with E-state index < -0.39 is 0 Å². The molecule has 1 aliphatic rings. The lowest BCUT2D eigenvalue weighted by Gasteiger charge is -2.19. The van der Waals surface area contributed by atoms with E-state index in [4.69, 9.17) is 0 Å². The molecule has 4 rings (SSSR count). The molecule has 0 saturated heterocycles. The van der Waals surface area contributed by atoms with Crippen LogP contribution in [0.1, 0.15) is 40.5 Å². The summed E-state index contributed by atoms with van der Waals surface area (Å²) in [4.78, 5) is 32.0. The molecule has 1 atom stereocenters. The van der Waals surface area contributed by atoms with Crippen LogP contribution in [0.15, 0.2) is 48.7 Å². The molecule has 1 unspecified atom stereocenters. The van der Waals surface area contributed by atoms with Crippen molar-refractivity contribution in [2.24, 2.45) is 5.92 Å². The number of aromatic nitrogens is 2. The molecule has 29 heavy (non-hydrogen) atoms. The first-order chi connectivity index (χ1) is 14.0. The van der Waals surface area contributed by atoms with Gasteiger partial charge in [0.2, 0.25) is 5.91 Å². The number of pyridine rings is 1. The number of hydrogen-bond acceptors (Lipinski definition) is 4. The van der Waals surface area contributed by atoms with Crippen LogP contribution in [-0.2, 0) is 17.6 Å². The quantitative estimate of drug-likeness (QED) is 0.624. The minimum absolute atomic E-state index is 0.00448. The molecule has 3 aromatic rings. The number of ketones is 1. The van der Waals surface area contributed by atoms with Gasteiger partial charge in [-0.1, -0.05) is 30.3 Å². The molecule has 6 heteroatoms. The number of anilines is 1. The van der Waals surface area contributed by atoms with E-state index in [1.807, 2.05) is 36.4 Å². The summed E-state index contributed by atoms with van der Waals surface area (Å²) in [7, 11) is 0. The number of rotatable bonds is 5. The van der Waals surface area contributed by atoms with Gasteiger partial charge in [-0.25, -0.2) is 4.98 Å². The normalized spacial score (nSPS) is 15.8. The minimum Gasteiger partial charge on any atom is -0.396 e. The summed E-state index contributed by atoms with van der Waals surface area (Å²) in [5.74, 6) is 0.284. The number of nitrogens with one attached hydrogen (secondary N) is 2. The van der Waals surface area contributed by atoms with Crippen molar-refractivity contribution >= 4 is 17.5 Å². The molecule has 2 heterocycles. The highest BCUT2D eigenvalue weighted by atomic mass is 16.3. The number of Topliss-reactive ketones (excluding diaryl/α,β-unsaturated/α-hetero) is 1. The Morgan fingerprint density at radius 2 is 2.03 bits per heavy atom. The Balaban J connectivity index is 1.83. The predicted octanol–water partition coefficient (Wildman–Crippen LogP) is 3.36. The zero-order valence-corrected chi connectivity index (χ0v) is 16.2. The van der Waals surface area contributed by atoms with Crippen LogP contribution in [-0.4, -0.2) is 33.4 Å². The Morgan fingerprint density at radius 3 is 2.76 bits per heavy atom. The van der Waals surface area contributed by atoms with Crippen LogP contribution >= 0.6 is 0 Å². The van der Waals surface area contributed by atoms with E-state index in [1.54, 1.807) is 12.3 Å². The third-order valence-electron chi connectivity index (χ3n) is 5.26. The molecule has 0 saturated carbocycles. The molecule has 6 nitrogen and oxygen atoms in total. The van der Waals surface area contributed by atoms with E-state index in [-0.39, 0.29) is 24.2 Å². The molecule has 0 aliphatic heterocycles. The van der Waals surface area contributed by atoms with E-state index in [1.165, 1.54) is 6.92 Å². The van der Waals surface area contributed by atoms with Gasteiger partial charge >= 0.3 is 0 Å². The Kier molecular flexibility index (Phi) is 5.27. The second-order valence-electron chi connectivity index (χ2n) is 7.49. The van der Waals surface area contributed by atoms with Gasteiger partial charge < -0.3 is 15.4 Å². The van der Waals surface area contributed by atoms with Gasteiger partial charge in [-0.05, 0) is 35.6 Å². The second kappa shape index (κ2) is 8.01. The lowest BCUT2D eigenvalue weighted by Crippen LogP contribution is -2.22. The maximum absolute atomic E-state index is 12.9. The molecule has 3 N–H and O–H groups in total.